The number of Topliss-reactive ketones (excluding diaryl/α,β-unsaturated/α-hetero) is 1. The lowest BCUT2D eigenvalue weighted by Gasteiger charge is -2.32. The first-order valence-corrected chi connectivity index (χ1v) is 5.96. The van der Waals surface area contributed by atoms with Gasteiger partial charge in [0.2, 0.25) is 5.91 Å². The standard InChI is InChI=1S/C11H14N4O5/c12-11(17)9-6-20-2-1-14(9)5-10(16)8-3-7(4-13-8)15(18)19/h3-4,9,13H,1-2,5-6H2,(H2,12,17). The molecule has 0 saturated carbocycles. The predicted octanol–water partition coefficient (Wildman–Crippen LogP) is -0.708. The average molecular weight is 282 g/mol. The fourth-order valence-corrected chi connectivity index (χ4v) is 2.01. The number of amides is 1. The van der Waals surface area contributed by atoms with Crippen molar-refractivity contribution in [3.63, 3.8) is 0 Å². The molecule has 0 spiro atoms. The topological polar surface area (TPSA) is 132 Å². The minimum atomic E-state index is -0.655. The van der Waals surface area contributed by atoms with Gasteiger partial charge in [-0.05, 0) is 0 Å². The summed E-state index contributed by atoms with van der Waals surface area (Å²) in [6.07, 6.45) is 1.15. The molecule has 3 N–H and O–H groups in total. The maximum absolute atomic E-state index is 12.0. The number of nitrogens with one attached hydrogen (secondary N) is 1. The van der Waals surface area contributed by atoms with Gasteiger partial charge in [0.1, 0.15) is 6.04 Å². The van der Waals surface area contributed by atoms with Crippen LogP contribution in [0.3, 0.4) is 0 Å². The van der Waals surface area contributed by atoms with E-state index < -0.39 is 16.9 Å². The first-order valence-electron chi connectivity index (χ1n) is 5.96. The fourth-order valence-electron chi connectivity index (χ4n) is 2.01. The number of aromatic amines is 1. The van der Waals surface area contributed by atoms with Gasteiger partial charge in [-0.1, -0.05) is 0 Å². The number of carbonyl (C=O) groups is 2. The van der Waals surface area contributed by atoms with Gasteiger partial charge in [-0.15, -0.1) is 0 Å². The van der Waals surface area contributed by atoms with Gasteiger partial charge < -0.3 is 15.5 Å². The second kappa shape index (κ2) is 5.80. The molecule has 108 valence electrons. The molecule has 0 bridgehead atoms. The third kappa shape index (κ3) is 3.00. The largest absolute Gasteiger partial charge is 0.378 e. The van der Waals surface area contributed by atoms with Gasteiger partial charge in [0, 0.05) is 12.6 Å². The van der Waals surface area contributed by atoms with Crippen LogP contribution in [0.4, 0.5) is 5.69 Å². The van der Waals surface area contributed by atoms with Crippen molar-refractivity contribution < 1.29 is 19.2 Å². The van der Waals surface area contributed by atoms with Crippen LogP contribution in [0.5, 0.6) is 0 Å². The highest BCUT2D eigenvalue weighted by Gasteiger charge is 2.29. The Bertz CT molecular complexity index is 541. The van der Waals surface area contributed by atoms with Crippen molar-refractivity contribution in [1.29, 1.82) is 0 Å². The first kappa shape index (κ1) is 14.2. The quantitative estimate of drug-likeness (QED) is 0.416. The molecule has 1 aromatic heterocycles. The normalized spacial score (nSPS) is 19.7. The SMILES string of the molecule is NC(=O)C1COCCN1CC(=O)c1cc([N+](=O)[O-])c[nH]1. The van der Waals surface area contributed by atoms with E-state index in [1.165, 1.54) is 6.07 Å². The van der Waals surface area contributed by atoms with E-state index in [9.17, 15) is 19.7 Å². The highest BCUT2D eigenvalue weighted by atomic mass is 16.6. The number of morpholine rings is 1. The van der Waals surface area contributed by atoms with Crippen LogP contribution in [-0.2, 0) is 9.53 Å². The molecule has 1 saturated heterocycles. The zero-order chi connectivity index (χ0) is 14.7. The molecule has 0 radical (unpaired) electrons. The van der Waals surface area contributed by atoms with Gasteiger partial charge in [-0.25, -0.2) is 0 Å². The van der Waals surface area contributed by atoms with Crippen molar-refractivity contribution in [2.75, 3.05) is 26.3 Å². The first-order chi connectivity index (χ1) is 9.49. The van der Waals surface area contributed by atoms with Crippen LogP contribution < -0.4 is 5.73 Å². The van der Waals surface area contributed by atoms with E-state index in [-0.39, 0.29) is 30.3 Å². The molecular formula is C11H14N4O5. The number of H-pyrrole nitrogens is 1. The molecule has 1 aromatic rings. The van der Waals surface area contributed by atoms with Crippen molar-refractivity contribution in [2.45, 2.75) is 6.04 Å². The van der Waals surface area contributed by atoms with Crippen LogP contribution in [-0.4, -0.2) is 58.8 Å². The maximum Gasteiger partial charge on any atom is 0.287 e. The number of nitrogens with two attached hydrogens (primary N) is 1. The Hall–Kier alpha value is -2.26. The van der Waals surface area contributed by atoms with E-state index in [4.69, 9.17) is 10.5 Å². The number of primary amides is 1. The summed E-state index contributed by atoms with van der Waals surface area (Å²) in [6.45, 7) is 0.909. The van der Waals surface area contributed by atoms with Crippen molar-refractivity contribution in [3.8, 4) is 0 Å². The molecule has 0 aliphatic carbocycles. The third-order valence-electron chi connectivity index (χ3n) is 3.09. The molecule has 9 heteroatoms. The molecule has 1 atom stereocenters. The summed E-state index contributed by atoms with van der Waals surface area (Å²) in [5, 5.41) is 10.6. The molecule has 0 aromatic carbocycles. The summed E-state index contributed by atoms with van der Waals surface area (Å²) in [5.41, 5.74) is 5.20. The van der Waals surface area contributed by atoms with Crippen molar-refractivity contribution in [2.24, 2.45) is 5.73 Å². The van der Waals surface area contributed by atoms with Crippen LogP contribution in [0.15, 0.2) is 12.3 Å². The molecule has 1 aliphatic heterocycles. The zero-order valence-corrected chi connectivity index (χ0v) is 10.6. The number of aromatic nitrogens is 1. The van der Waals surface area contributed by atoms with E-state index >= 15 is 0 Å². The molecule has 1 amide bonds. The highest BCUT2D eigenvalue weighted by Crippen LogP contribution is 2.14. The predicted molar refractivity (Wildman–Crippen MR) is 67.2 cm³/mol. The van der Waals surface area contributed by atoms with Crippen LogP contribution in [0, 0.1) is 10.1 Å². The third-order valence-corrected chi connectivity index (χ3v) is 3.09. The van der Waals surface area contributed by atoms with E-state index in [0.29, 0.717) is 13.2 Å². The Morgan fingerprint density at radius 1 is 1.60 bits per heavy atom. The Morgan fingerprint density at radius 2 is 2.35 bits per heavy atom. The zero-order valence-electron chi connectivity index (χ0n) is 10.6. The number of carbonyl (C=O) groups excluding carboxylic acids is 2. The molecule has 1 aliphatic rings. The molecule has 9 nitrogen and oxygen atoms in total. The number of rotatable bonds is 5. The summed E-state index contributed by atoms with van der Waals surface area (Å²) in [4.78, 5) is 37.4. The number of hydrogen-bond acceptors (Lipinski definition) is 6. The van der Waals surface area contributed by atoms with Gasteiger partial charge in [-0.3, -0.25) is 24.6 Å². The summed E-state index contributed by atoms with van der Waals surface area (Å²) in [7, 11) is 0. The minimum absolute atomic E-state index is 0.0470. The van der Waals surface area contributed by atoms with Gasteiger partial charge >= 0.3 is 0 Å². The minimum Gasteiger partial charge on any atom is -0.378 e. The summed E-state index contributed by atoms with van der Waals surface area (Å²) in [6, 6.07) is 0.514. The van der Waals surface area contributed by atoms with E-state index in [0.717, 1.165) is 6.20 Å². The highest BCUT2D eigenvalue weighted by molar-refractivity contribution is 5.97. The van der Waals surface area contributed by atoms with Gasteiger partial charge in [0.25, 0.3) is 5.69 Å². The summed E-state index contributed by atoms with van der Waals surface area (Å²) in [5.74, 6) is -0.902. The van der Waals surface area contributed by atoms with E-state index in [2.05, 4.69) is 4.98 Å². The fraction of sp³-hybridized carbons (Fsp3) is 0.455. The molecule has 2 heterocycles. The molecular weight excluding hydrogens is 268 g/mol. The Morgan fingerprint density at radius 3 is 2.95 bits per heavy atom. The van der Waals surface area contributed by atoms with E-state index in [1.54, 1.807) is 4.90 Å². The second-order valence-corrected chi connectivity index (χ2v) is 4.42. The van der Waals surface area contributed by atoms with Gasteiger partial charge in [0.05, 0.1) is 36.6 Å². The number of nitrogens with zero attached hydrogens (tertiary/aromatic N) is 2. The van der Waals surface area contributed by atoms with Crippen molar-refractivity contribution in [3.05, 3.63) is 28.1 Å². The summed E-state index contributed by atoms with van der Waals surface area (Å²) >= 11 is 0. The second-order valence-electron chi connectivity index (χ2n) is 4.42. The van der Waals surface area contributed by atoms with Crippen LogP contribution in [0.2, 0.25) is 0 Å². The lowest BCUT2D eigenvalue weighted by Crippen LogP contribution is -2.53. The lowest BCUT2D eigenvalue weighted by atomic mass is 10.2. The molecule has 1 unspecified atom stereocenters. The van der Waals surface area contributed by atoms with Crippen molar-refractivity contribution in [1.82, 2.24) is 9.88 Å². The average Bonchev–Trinajstić information content (AvgIpc) is 2.89. The van der Waals surface area contributed by atoms with Crippen LogP contribution in [0.1, 0.15) is 10.5 Å². The molecule has 2 rings (SSSR count). The Labute approximate surface area is 113 Å². The van der Waals surface area contributed by atoms with Crippen molar-refractivity contribution >= 4 is 17.4 Å². The Kier molecular flexibility index (Phi) is 4.11. The monoisotopic (exact) mass is 282 g/mol. The Balaban J connectivity index is 2.05. The summed E-state index contributed by atoms with van der Waals surface area (Å²) < 4.78 is 5.15. The van der Waals surface area contributed by atoms with E-state index in [1.807, 2.05) is 0 Å². The number of nitro groups is 1. The molecule has 1 fully saturated rings. The van der Waals surface area contributed by atoms with Crippen LogP contribution >= 0.6 is 0 Å². The van der Waals surface area contributed by atoms with Gasteiger partial charge in [-0.2, -0.15) is 0 Å². The number of ketones is 1. The van der Waals surface area contributed by atoms with Crippen LogP contribution in [0.25, 0.3) is 0 Å². The number of ether oxygens (including phenoxy) is 1. The molecule has 20 heavy (non-hydrogen) atoms. The number of hydrogen-bond donors (Lipinski definition) is 2. The van der Waals surface area contributed by atoms with Gasteiger partial charge in [0.15, 0.2) is 5.78 Å². The maximum atomic E-state index is 12.0. The lowest BCUT2D eigenvalue weighted by molar-refractivity contribution is -0.384. The smallest absolute Gasteiger partial charge is 0.287 e.